The molecular weight excluding hydrogens is 336 g/mol. The molecule has 4 rings (SSSR count). The number of piperazine rings is 1. The van der Waals surface area contributed by atoms with Gasteiger partial charge in [-0.15, -0.1) is 0 Å². The van der Waals surface area contributed by atoms with Crippen LogP contribution in [0.1, 0.15) is 37.9 Å². The Morgan fingerprint density at radius 3 is 2.48 bits per heavy atom. The average Bonchev–Trinajstić information content (AvgIpc) is 3.09. The fourth-order valence-corrected chi connectivity index (χ4v) is 4.17. The lowest BCUT2D eigenvalue weighted by atomic mass is 9.98. The second kappa shape index (κ2) is 7.51. The minimum absolute atomic E-state index is 0.302. The Morgan fingerprint density at radius 1 is 1.00 bits per heavy atom. The normalized spacial score (nSPS) is 19.2. The molecule has 2 aromatic rings. The number of hydrogen-bond acceptors (Lipinski definition) is 8. The van der Waals surface area contributed by atoms with Gasteiger partial charge in [-0.2, -0.15) is 9.36 Å². The van der Waals surface area contributed by atoms with Crippen molar-refractivity contribution in [1.82, 2.24) is 19.3 Å². The predicted octanol–water partition coefficient (Wildman–Crippen LogP) is 2.67. The zero-order valence-electron chi connectivity index (χ0n) is 14.6. The van der Waals surface area contributed by atoms with Gasteiger partial charge in [0.2, 0.25) is 11.0 Å². The quantitative estimate of drug-likeness (QED) is 0.830. The molecule has 0 N–H and O–H groups in total. The monoisotopic (exact) mass is 360 g/mol. The molecule has 8 heteroatoms. The summed E-state index contributed by atoms with van der Waals surface area (Å²) in [6.45, 7) is 5.58. The van der Waals surface area contributed by atoms with Gasteiger partial charge in [-0.05, 0) is 32.6 Å². The summed E-state index contributed by atoms with van der Waals surface area (Å²) >= 11 is 1.47. The molecule has 0 atom stereocenters. The number of nitrogens with zero attached hydrogens (tertiary/aromatic N) is 6. The van der Waals surface area contributed by atoms with Crippen LogP contribution in [0.3, 0.4) is 0 Å². The van der Waals surface area contributed by atoms with Crippen molar-refractivity contribution in [3.8, 4) is 5.88 Å². The topological polar surface area (TPSA) is 67.3 Å². The number of hydrogen-bond donors (Lipinski definition) is 0. The Hall–Kier alpha value is -1.96. The van der Waals surface area contributed by atoms with Crippen molar-refractivity contribution in [1.29, 1.82) is 0 Å². The fourth-order valence-electron chi connectivity index (χ4n) is 3.44. The fraction of sp³-hybridized carbons (Fsp3) is 0.647. The molecule has 2 aliphatic rings. The molecule has 0 aromatic carbocycles. The third-order valence-electron chi connectivity index (χ3n) is 4.83. The Kier molecular flexibility index (Phi) is 4.96. The molecule has 0 radical (unpaired) electrons. The van der Waals surface area contributed by atoms with E-state index in [9.17, 15) is 0 Å². The van der Waals surface area contributed by atoms with E-state index in [1.54, 1.807) is 6.20 Å². The summed E-state index contributed by atoms with van der Waals surface area (Å²) in [5.41, 5.74) is 0. The lowest BCUT2D eigenvalue weighted by Crippen LogP contribution is -2.46. The first-order valence-electron chi connectivity index (χ1n) is 9.07. The van der Waals surface area contributed by atoms with E-state index in [1.165, 1.54) is 30.8 Å². The summed E-state index contributed by atoms with van der Waals surface area (Å²) in [5, 5.41) is 1.01. The molecule has 2 fully saturated rings. The molecule has 1 saturated carbocycles. The summed E-state index contributed by atoms with van der Waals surface area (Å²) in [5.74, 6) is 2.41. The van der Waals surface area contributed by atoms with Crippen molar-refractivity contribution in [3.63, 3.8) is 0 Å². The van der Waals surface area contributed by atoms with Gasteiger partial charge < -0.3 is 14.5 Å². The Morgan fingerprint density at radius 2 is 1.76 bits per heavy atom. The first kappa shape index (κ1) is 16.5. The lowest BCUT2D eigenvalue weighted by Gasteiger charge is -2.35. The number of aromatic nitrogens is 4. The summed E-state index contributed by atoms with van der Waals surface area (Å²) in [4.78, 5) is 18.1. The summed E-state index contributed by atoms with van der Waals surface area (Å²) in [6.07, 6.45) is 9.96. The van der Waals surface area contributed by atoms with Crippen LogP contribution in [0.25, 0.3) is 0 Å². The molecule has 0 spiro atoms. The molecule has 1 aliphatic carbocycles. The van der Waals surface area contributed by atoms with Crippen LogP contribution in [0.15, 0.2) is 12.4 Å². The number of ether oxygens (including phenoxy) is 1. The highest BCUT2D eigenvalue weighted by Crippen LogP contribution is 2.24. The van der Waals surface area contributed by atoms with Crippen LogP contribution in [-0.2, 0) is 0 Å². The Labute approximate surface area is 152 Å². The van der Waals surface area contributed by atoms with Crippen LogP contribution in [0.4, 0.5) is 10.9 Å². The lowest BCUT2D eigenvalue weighted by molar-refractivity contribution is 0.148. The second-order valence-corrected chi connectivity index (χ2v) is 7.42. The van der Waals surface area contributed by atoms with E-state index in [0.29, 0.717) is 12.0 Å². The van der Waals surface area contributed by atoms with Gasteiger partial charge in [-0.3, -0.25) is 4.98 Å². The number of rotatable bonds is 4. The third-order valence-corrected chi connectivity index (χ3v) is 5.70. The maximum atomic E-state index is 6.05. The number of aryl methyl sites for hydroxylation is 1. The zero-order chi connectivity index (χ0) is 17.1. The largest absolute Gasteiger partial charge is 0.473 e. The van der Waals surface area contributed by atoms with Gasteiger partial charge in [0.05, 0.1) is 12.4 Å². The van der Waals surface area contributed by atoms with E-state index in [0.717, 1.165) is 55.8 Å². The van der Waals surface area contributed by atoms with Crippen LogP contribution in [0.2, 0.25) is 0 Å². The van der Waals surface area contributed by atoms with E-state index < -0.39 is 0 Å². The van der Waals surface area contributed by atoms with Gasteiger partial charge >= 0.3 is 0 Å². The highest BCUT2D eigenvalue weighted by atomic mass is 32.1. The first-order valence-corrected chi connectivity index (χ1v) is 9.84. The highest BCUT2D eigenvalue weighted by Gasteiger charge is 2.22. The van der Waals surface area contributed by atoms with Gasteiger partial charge in [0.15, 0.2) is 5.82 Å². The Balaban J connectivity index is 1.36. The molecule has 7 nitrogen and oxygen atoms in total. The van der Waals surface area contributed by atoms with Crippen molar-refractivity contribution in [2.75, 3.05) is 36.0 Å². The van der Waals surface area contributed by atoms with Gasteiger partial charge in [-0.25, -0.2) is 4.98 Å². The molecule has 134 valence electrons. The summed E-state index contributed by atoms with van der Waals surface area (Å²) in [7, 11) is 0. The molecule has 0 unspecified atom stereocenters. The van der Waals surface area contributed by atoms with Crippen LogP contribution < -0.4 is 14.5 Å². The van der Waals surface area contributed by atoms with Crippen molar-refractivity contribution < 1.29 is 4.74 Å². The van der Waals surface area contributed by atoms with Gasteiger partial charge in [-0.1, -0.05) is 6.42 Å². The second-order valence-electron chi connectivity index (χ2n) is 6.69. The van der Waals surface area contributed by atoms with Crippen LogP contribution in [0, 0.1) is 6.92 Å². The van der Waals surface area contributed by atoms with Crippen molar-refractivity contribution in [3.05, 3.63) is 18.2 Å². The predicted molar refractivity (Wildman–Crippen MR) is 98.6 cm³/mol. The molecular formula is C17H24N6OS. The Bertz CT molecular complexity index is 694. The molecule has 3 heterocycles. The van der Waals surface area contributed by atoms with E-state index >= 15 is 0 Å². The van der Waals surface area contributed by atoms with Gasteiger partial charge in [0.25, 0.3) is 0 Å². The SMILES string of the molecule is Cc1nsc(N2CCN(c3cncc(OC4CCCCC4)n3)CC2)n1. The minimum atomic E-state index is 0.302. The van der Waals surface area contributed by atoms with E-state index in [4.69, 9.17) is 4.74 Å². The molecule has 1 saturated heterocycles. The minimum Gasteiger partial charge on any atom is -0.473 e. The number of anilines is 2. The van der Waals surface area contributed by atoms with Crippen molar-refractivity contribution >= 4 is 22.5 Å². The molecule has 0 bridgehead atoms. The third kappa shape index (κ3) is 4.00. The van der Waals surface area contributed by atoms with Gasteiger partial charge in [0, 0.05) is 37.7 Å². The average molecular weight is 360 g/mol. The summed E-state index contributed by atoms with van der Waals surface area (Å²) < 4.78 is 10.3. The maximum Gasteiger partial charge on any atom is 0.234 e. The van der Waals surface area contributed by atoms with Crippen molar-refractivity contribution in [2.24, 2.45) is 0 Å². The van der Waals surface area contributed by atoms with E-state index in [-0.39, 0.29) is 0 Å². The van der Waals surface area contributed by atoms with Crippen LogP contribution >= 0.6 is 11.5 Å². The standard InChI is InChI=1S/C17H24N6OS/c1-13-19-17(25-21-13)23-9-7-22(8-10-23)15-11-18-12-16(20-15)24-14-5-3-2-4-6-14/h11-12,14H,2-10H2,1H3. The summed E-state index contributed by atoms with van der Waals surface area (Å²) in [6, 6.07) is 0. The maximum absolute atomic E-state index is 6.05. The smallest absolute Gasteiger partial charge is 0.234 e. The first-order chi connectivity index (χ1) is 12.3. The highest BCUT2D eigenvalue weighted by molar-refractivity contribution is 7.09. The molecule has 25 heavy (non-hydrogen) atoms. The molecule has 0 amide bonds. The van der Waals surface area contributed by atoms with Gasteiger partial charge in [0.1, 0.15) is 11.9 Å². The van der Waals surface area contributed by atoms with Crippen LogP contribution in [0.5, 0.6) is 5.88 Å². The molecule has 1 aliphatic heterocycles. The van der Waals surface area contributed by atoms with E-state index in [1.807, 2.05) is 13.1 Å². The zero-order valence-corrected chi connectivity index (χ0v) is 15.4. The van der Waals surface area contributed by atoms with Crippen molar-refractivity contribution in [2.45, 2.75) is 45.1 Å². The van der Waals surface area contributed by atoms with E-state index in [2.05, 4.69) is 29.1 Å². The molecule has 2 aromatic heterocycles. The van der Waals surface area contributed by atoms with Crippen LogP contribution in [-0.4, -0.2) is 51.6 Å².